The van der Waals surface area contributed by atoms with Gasteiger partial charge in [-0.25, -0.2) is 0 Å². The zero-order chi connectivity index (χ0) is 19.0. The van der Waals surface area contributed by atoms with E-state index in [1.807, 2.05) is 6.92 Å². The largest absolute Gasteiger partial charge is 0.401 e. The fraction of sp³-hybridized carbons (Fsp3) is 0.941. The lowest BCUT2D eigenvalue weighted by atomic mass is 10.1. The molecular weight excluding hydrogens is 474 g/mol. The van der Waals surface area contributed by atoms with Crippen molar-refractivity contribution in [1.82, 2.24) is 20.0 Å². The molecule has 0 amide bonds. The summed E-state index contributed by atoms with van der Waals surface area (Å²) in [5, 5.41) is 3.27. The molecule has 1 N–H and O–H groups in total. The maximum Gasteiger partial charge on any atom is 0.401 e. The Hall–Kier alpha value is -0.330. The van der Waals surface area contributed by atoms with Crippen LogP contribution >= 0.6 is 24.0 Å². The Balaban J connectivity index is 0.00000364. The lowest BCUT2D eigenvalue weighted by Gasteiger charge is -2.29. The van der Waals surface area contributed by atoms with Crippen molar-refractivity contribution in [2.45, 2.75) is 19.5 Å². The molecular formula is C17H33F3IN5O. The Morgan fingerprint density at radius 1 is 1.26 bits per heavy atom. The average molecular weight is 507 g/mol. The third-order valence-electron chi connectivity index (χ3n) is 4.73. The molecule has 6 nitrogen and oxygen atoms in total. The molecule has 2 aliphatic heterocycles. The molecule has 0 spiro atoms. The molecule has 2 aliphatic rings. The van der Waals surface area contributed by atoms with Crippen molar-refractivity contribution >= 4 is 29.9 Å². The number of likely N-dealkylation sites (tertiary alicyclic amines) is 1. The number of nitrogens with zero attached hydrogens (tertiary/aromatic N) is 4. The second-order valence-electron chi connectivity index (χ2n) is 7.10. The van der Waals surface area contributed by atoms with Crippen LogP contribution in [0.2, 0.25) is 0 Å². The van der Waals surface area contributed by atoms with Crippen molar-refractivity contribution in [3.05, 3.63) is 0 Å². The van der Waals surface area contributed by atoms with Crippen molar-refractivity contribution in [3.63, 3.8) is 0 Å². The highest BCUT2D eigenvalue weighted by atomic mass is 127. The molecule has 2 heterocycles. The summed E-state index contributed by atoms with van der Waals surface area (Å²) in [7, 11) is 1.48. The van der Waals surface area contributed by atoms with Gasteiger partial charge in [-0.05, 0) is 26.3 Å². The van der Waals surface area contributed by atoms with Crippen LogP contribution in [0.4, 0.5) is 13.2 Å². The highest BCUT2D eigenvalue weighted by Gasteiger charge is 2.29. The van der Waals surface area contributed by atoms with Gasteiger partial charge in [-0.3, -0.25) is 14.8 Å². The number of morpholine rings is 1. The third-order valence-corrected chi connectivity index (χ3v) is 4.73. The van der Waals surface area contributed by atoms with Gasteiger partial charge in [0.25, 0.3) is 0 Å². The van der Waals surface area contributed by atoms with Crippen molar-refractivity contribution in [2.24, 2.45) is 10.9 Å². The number of nitrogens with one attached hydrogen (secondary N) is 1. The van der Waals surface area contributed by atoms with Gasteiger partial charge in [0.2, 0.25) is 0 Å². The SMILES string of the molecule is CCNC(=NCCN(C)CC(F)(F)F)N1CCC(CN2CCOCC2)C1.I. The van der Waals surface area contributed by atoms with Gasteiger partial charge < -0.3 is 15.0 Å². The predicted octanol–water partition coefficient (Wildman–Crippen LogP) is 1.72. The van der Waals surface area contributed by atoms with E-state index >= 15 is 0 Å². The van der Waals surface area contributed by atoms with Crippen molar-refractivity contribution < 1.29 is 17.9 Å². The Morgan fingerprint density at radius 2 is 1.96 bits per heavy atom. The second-order valence-corrected chi connectivity index (χ2v) is 7.10. The van der Waals surface area contributed by atoms with Crippen molar-refractivity contribution in [2.75, 3.05) is 79.2 Å². The van der Waals surface area contributed by atoms with E-state index < -0.39 is 12.7 Å². The molecule has 0 saturated carbocycles. The van der Waals surface area contributed by atoms with Crippen LogP contribution in [-0.4, -0.2) is 106 Å². The summed E-state index contributed by atoms with van der Waals surface area (Å²) >= 11 is 0. The van der Waals surface area contributed by atoms with Crippen LogP contribution in [0.5, 0.6) is 0 Å². The first-order valence-electron chi connectivity index (χ1n) is 9.46. The molecule has 2 rings (SSSR count). The second kappa shape index (κ2) is 12.3. The van der Waals surface area contributed by atoms with Gasteiger partial charge in [0.05, 0.1) is 26.3 Å². The van der Waals surface area contributed by atoms with E-state index in [-0.39, 0.29) is 24.0 Å². The molecule has 0 aromatic carbocycles. The molecule has 27 heavy (non-hydrogen) atoms. The highest BCUT2D eigenvalue weighted by Crippen LogP contribution is 2.18. The quantitative estimate of drug-likeness (QED) is 0.323. The van der Waals surface area contributed by atoms with Crippen LogP contribution in [0.15, 0.2) is 4.99 Å². The standard InChI is InChI=1S/C17H32F3N5O.HI/c1-3-21-16(22-5-7-23(2)14-17(18,19)20)25-6-4-15(13-25)12-24-8-10-26-11-9-24;/h15H,3-14H2,1-2H3,(H,21,22);1H. The first-order valence-corrected chi connectivity index (χ1v) is 9.46. The number of ether oxygens (including phenoxy) is 1. The van der Waals surface area contributed by atoms with Gasteiger partial charge in [-0.15, -0.1) is 24.0 Å². The van der Waals surface area contributed by atoms with Crippen LogP contribution in [0, 0.1) is 5.92 Å². The molecule has 10 heteroatoms. The molecule has 0 aromatic heterocycles. The van der Waals surface area contributed by atoms with Crippen LogP contribution in [0.1, 0.15) is 13.3 Å². The minimum Gasteiger partial charge on any atom is -0.379 e. The fourth-order valence-electron chi connectivity index (χ4n) is 3.46. The lowest BCUT2D eigenvalue weighted by molar-refractivity contribution is -0.142. The fourth-order valence-corrected chi connectivity index (χ4v) is 3.46. The minimum atomic E-state index is -4.16. The van der Waals surface area contributed by atoms with Gasteiger partial charge in [-0.1, -0.05) is 0 Å². The Bertz CT molecular complexity index is 447. The van der Waals surface area contributed by atoms with E-state index in [0.717, 1.165) is 64.9 Å². The van der Waals surface area contributed by atoms with Gasteiger partial charge >= 0.3 is 6.18 Å². The molecule has 0 aliphatic carbocycles. The molecule has 0 bridgehead atoms. The average Bonchev–Trinajstić information content (AvgIpc) is 3.01. The maximum atomic E-state index is 12.4. The minimum absolute atomic E-state index is 0. The summed E-state index contributed by atoms with van der Waals surface area (Å²) in [6.07, 6.45) is -3.04. The molecule has 0 aromatic rings. The van der Waals surface area contributed by atoms with Crippen LogP contribution in [-0.2, 0) is 4.74 Å². The van der Waals surface area contributed by atoms with E-state index in [9.17, 15) is 13.2 Å². The lowest BCUT2D eigenvalue weighted by Crippen LogP contribution is -2.42. The monoisotopic (exact) mass is 507 g/mol. The van der Waals surface area contributed by atoms with Gasteiger partial charge in [0, 0.05) is 45.8 Å². The van der Waals surface area contributed by atoms with E-state index in [1.165, 1.54) is 11.9 Å². The summed E-state index contributed by atoms with van der Waals surface area (Å²) in [4.78, 5) is 10.5. The number of hydrogen-bond donors (Lipinski definition) is 1. The topological polar surface area (TPSA) is 43.3 Å². The summed E-state index contributed by atoms with van der Waals surface area (Å²) < 4.78 is 42.5. The Kier molecular flexibility index (Phi) is 11.2. The van der Waals surface area contributed by atoms with Crippen LogP contribution in [0.25, 0.3) is 0 Å². The van der Waals surface area contributed by atoms with Gasteiger partial charge in [0.15, 0.2) is 5.96 Å². The molecule has 160 valence electrons. The number of guanidine groups is 1. The first-order chi connectivity index (χ1) is 12.4. The zero-order valence-electron chi connectivity index (χ0n) is 16.3. The van der Waals surface area contributed by atoms with E-state index in [4.69, 9.17) is 4.74 Å². The highest BCUT2D eigenvalue weighted by molar-refractivity contribution is 14.0. The third kappa shape index (κ3) is 9.62. The predicted molar refractivity (Wildman–Crippen MR) is 112 cm³/mol. The summed E-state index contributed by atoms with van der Waals surface area (Å²) in [6.45, 7) is 9.09. The summed E-state index contributed by atoms with van der Waals surface area (Å²) in [5.74, 6) is 1.42. The van der Waals surface area contributed by atoms with Crippen molar-refractivity contribution in [3.8, 4) is 0 Å². The number of aliphatic imine (C=N–C) groups is 1. The van der Waals surface area contributed by atoms with E-state index in [0.29, 0.717) is 19.0 Å². The molecule has 2 fully saturated rings. The molecule has 2 saturated heterocycles. The van der Waals surface area contributed by atoms with Crippen molar-refractivity contribution in [1.29, 1.82) is 0 Å². The zero-order valence-corrected chi connectivity index (χ0v) is 18.6. The van der Waals surface area contributed by atoms with Gasteiger partial charge in [-0.2, -0.15) is 13.2 Å². The molecule has 0 radical (unpaired) electrons. The van der Waals surface area contributed by atoms with Crippen LogP contribution < -0.4 is 5.32 Å². The van der Waals surface area contributed by atoms with E-state index in [2.05, 4.69) is 20.1 Å². The van der Waals surface area contributed by atoms with Crippen LogP contribution in [0.3, 0.4) is 0 Å². The molecule has 1 atom stereocenters. The normalized spacial score (nSPS) is 22.2. The van der Waals surface area contributed by atoms with E-state index in [1.54, 1.807) is 0 Å². The summed E-state index contributed by atoms with van der Waals surface area (Å²) in [6, 6.07) is 0. The smallest absolute Gasteiger partial charge is 0.379 e. The molecule has 1 unspecified atom stereocenters. The maximum absolute atomic E-state index is 12.4. The number of likely N-dealkylation sites (N-methyl/N-ethyl adjacent to an activating group) is 1. The first kappa shape index (κ1) is 24.7. The summed E-state index contributed by atoms with van der Waals surface area (Å²) in [5.41, 5.74) is 0. The number of alkyl halides is 3. The number of halogens is 4. The number of hydrogen-bond acceptors (Lipinski definition) is 4. The number of rotatable bonds is 7. The van der Waals surface area contributed by atoms with Gasteiger partial charge in [0.1, 0.15) is 0 Å². The Labute approximate surface area is 177 Å². The Morgan fingerprint density at radius 3 is 2.59 bits per heavy atom.